The van der Waals surface area contributed by atoms with E-state index in [-0.39, 0.29) is 22.6 Å². The number of amides is 1. The van der Waals surface area contributed by atoms with Crippen LogP contribution in [0.1, 0.15) is 26.0 Å². The molecule has 28 heavy (non-hydrogen) atoms. The summed E-state index contributed by atoms with van der Waals surface area (Å²) in [7, 11) is -3.92. The van der Waals surface area contributed by atoms with Crippen LogP contribution in [0.2, 0.25) is 0 Å². The summed E-state index contributed by atoms with van der Waals surface area (Å²) in [6.45, 7) is 1.24. The van der Waals surface area contributed by atoms with E-state index in [0.29, 0.717) is 4.88 Å². The molecule has 2 aromatic carbocycles. The van der Waals surface area contributed by atoms with E-state index in [2.05, 4.69) is 5.32 Å². The molecule has 3 aromatic rings. The third-order valence-corrected chi connectivity index (χ3v) is 7.48. The molecule has 3 rings (SSSR count). The van der Waals surface area contributed by atoms with Crippen molar-refractivity contribution in [3.63, 3.8) is 0 Å². The van der Waals surface area contributed by atoms with Gasteiger partial charge < -0.3 is 5.32 Å². The fraction of sp³-hybridized carbons (Fsp3) is 0.150. The fourth-order valence-corrected chi connectivity index (χ4v) is 5.59. The third-order valence-electron chi connectivity index (χ3n) is 4.26. The molecule has 1 heterocycles. The number of hydrogen-bond donors (Lipinski definition) is 1. The first kappa shape index (κ1) is 20.2. The lowest BCUT2D eigenvalue weighted by Crippen LogP contribution is -2.32. The molecule has 0 bridgehead atoms. The number of aryl methyl sites for hydroxylation is 1. The molecular formula is C20H17F2NO3S2. The quantitative estimate of drug-likeness (QED) is 0.605. The van der Waals surface area contributed by atoms with Crippen molar-refractivity contribution in [1.82, 2.24) is 5.32 Å². The van der Waals surface area contributed by atoms with Crippen molar-refractivity contribution in [1.29, 1.82) is 0 Å². The second-order valence-corrected chi connectivity index (χ2v) is 9.26. The summed E-state index contributed by atoms with van der Waals surface area (Å²) in [6.07, 6.45) is 0. The molecule has 4 nitrogen and oxygen atoms in total. The van der Waals surface area contributed by atoms with E-state index in [1.54, 1.807) is 17.5 Å². The molecule has 0 fully saturated rings. The summed E-state index contributed by atoms with van der Waals surface area (Å²) in [6, 6.07) is 12.4. The average Bonchev–Trinajstić information content (AvgIpc) is 3.18. The van der Waals surface area contributed by atoms with Gasteiger partial charge in [-0.25, -0.2) is 17.2 Å². The van der Waals surface area contributed by atoms with E-state index >= 15 is 0 Å². The van der Waals surface area contributed by atoms with Crippen LogP contribution in [-0.4, -0.2) is 20.9 Å². The van der Waals surface area contributed by atoms with Gasteiger partial charge in [-0.05, 0) is 54.3 Å². The summed E-state index contributed by atoms with van der Waals surface area (Å²) < 4.78 is 53.7. The number of hydrogen-bond acceptors (Lipinski definition) is 4. The monoisotopic (exact) mass is 421 g/mol. The number of benzene rings is 2. The predicted molar refractivity (Wildman–Crippen MR) is 104 cm³/mol. The normalized spacial score (nSPS) is 12.5. The Labute approximate surface area is 165 Å². The van der Waals surface area contributed by atoms with Crippen molar-refractivity contribution in [3.05, 3.63) is 87.6 Å². The summed E-state index contributed by atoms with van der Waals surface area (Å²) in [5.41, 5.74) is 0.0452. The molecule has 0 radical (unpaired) electrons. The summed E-state index contributed by atoms with van der Waals surface area (Å²) in [4.78, 5) is 12.8. The van der Waals surface area contributed by atoms with Crippen molar-refractivity contribution in [2.45, 2.75) is 17.1 Å². The van der Waals surface area contributed by atoms with E-state index in [4.69, 9.17) is 0 Å². The van der Waals surface area contributed by atoms with Crippen molar-refractivity contribution in [3.8, 4) is 0 Å². The highest BCUT2D eigenvalue weighted by Crippen LogP contribution is 2.32. The van der Waals surface area contributed by atoms with Crippen LogP contribution in [0.4, 0.5) is 8.78 Å². The maximum absolute atomic E-state index is 13.8. The van der Waals surface area contributed by atoms with Gasteiger partial charge in [-0.3, -0.25) is 4.79 Å². The van der Waals surface area contributed by atoms with E-state index in [1.165, 1.54) is 48.6 Å². The largest absolute Gasteiger partial charge is 0.350 e. The molecule has 0 saturated heterocycles. The molecule has 0 aliphatic heterocycles. The van der Waals surface area contributed by atoms with Gasteiger partial charge in [0.1, 0.15) is 16.9 Å². The number of thiophene rings is 1. The molecule has 1 N–H and O–H groups in total. The highest BCUT2D eigenvalue weighted by Gasteiger charge is 2.31. The van der Waals surface area contributed by atoms with E-state index < -0.39 is 32.6 Å². The van der Waals surface area contributed by atoms with Crippen LogP contribution in [0.25, 0.3) is 0 Å². The lowest BCUT2D eigenvalue weighted by atomic mass is 10.2. The lowest BCUT2D eigenvalue weighted by molar-refractivity contribution is 0.0949. The van der Waals surface area contributed by atoms with Gasteiger partial charge in [0, 0.05) is 11.4 Å². The number of carbonyl (C=O) groups is 1. The van der Waals surface area contributed by atoms with Crippen molar-refractivity contribution in [2.75, 3.05) is 6.54 Å². The predicted octanol–water partition coefficient (Wildman–Crippen LogP) is 4.28. The lowest BCUT2D eigenvalue weighted by Gasteiger charge is -2.18. The van der Waals surface area contributed by atoms with Gasteiger partial charge in [-0.15, -0.1) is 11.3 Å². The molecule has 146 valence electrons. The van der Waals surface area contributed by atoms with E-state index in [1.807, 2.05) is 0 Å². The Hall–Kier alpha value is -2.58. The molecule has 0 spiro atoms. The van der Waals surface area contributed by atoms with Gasteiger partial charge in [-0.2, -0.15) is 0 Å². The molecular weight excluding hydrogens is 404 g/mol. The Kier molecular flexibility index (Phi) is 5.90. The summed E-state index contributed by atoms with van der Waals surface area (Å²) >= 11 is 1.23. The molecule has 0 aliphatic rings. The standard InChI is InChI=1S/C20H17F2NO3S2/c1-13-11-14(8-9-16(13)21)28(25,26)19(18-7-4-10-27-18)12-23-20(24)15-5-2-3-6-17(15)22/h2-11,19H,12H2,1H3,(H,23,24)/t19-/m0/s1. The highest BCUT2D eigenvalue weighted by atomic mass is 32.2. The van der Waals surface area contributed by atoms with Crippen molar-refractivity contribution in [2.24, 2.45) is 0 Å². The molecule has 1 aromatic heterocycles. The number of halogens is 2. The van der Waals surface area contributed by atoms with Crippen molar-refractivity contribution >= 4 is 27.1 Å². The molecule has 1 atom stereocenters. The summed E-state index contributed by atoms with van der Waals surface area (Å²) in [5.74, 6) is -1.89. The Morgan fingerprint density at radius 1 is 1.07 bits per heavy atom. The van der Waals surface area contributed by atoms with Gasteiger partial charge in [0.25, 0.3) is 5.91 Å². The van der Waals surface area contributed by atoms with Gasteiger partial charge in [-0.1, -0.05) is 18.2 Å². The minimum Gasteiger partial charge on any atom is -0.350 e. The zero-order valence-electron chi connectivity index (χ0n) is 14.9. The second kappa shape index (κ2) is 8.20. The van der Waals surface area contributed by atoms with Gasteiger partial charge in [0.2, 0.25) is 0 Å². The average molecular weight is 421 g/mol. The van der Waals surface area contributed by atoms with Crippen LogP contribution in [0.15, 0.2) is 64.9 Å². The second-order valence-electron chi connectivity index (χ2n) is 6.15. The number of nitrogens with one attached hydrogen (secondary N) is 1. The first-order chi connectivity index (χ1) is 13.3. The minimum atomic E-state index is -3.92. The zero-order valence-corrected chi connectivity index (χ0v) is 16.5. The van der Waals surface area contributed by atoms with Crippen LogP contribution >= 0.6 is 11.3 Å². The zero-order chi connectivity index (χ0) is 20.3. The number of rotatable bonds is 6. The molecule has 0 saturated carbocycles. The van der Waals surface area contributed by atoms with Crippen molar-refractivity contribution < 1.29 is 22.0 Å². The summed E-state index contributed by atoms with van der Waals surface area (Å²) in [5, 5.41) is 3.16. The van der Waals surface area contributed by atoms with Gasteiger partial charge in [0.05, 0.1) is 10.5 Å². The van der Waals surface area contributed by atoms with Gasteiger partial charge >= 0.3 is 0 Å². The van der Waals surface area contributed by atoms with E-state index in [9.17, 15) is 22.0 Å². The number of carbonyl (C=O) groups excluding carboxylic acids is 1. The van der Waals surface area contributed by atoms with Crippen LogP contribution in [-0.2, 0) is 9.84 Å². The first-order valence-corrected chi connectivity index (χ1v) is 10.8. The molecule has 0 aliphatic carbocycles. The first-order valence-electron chi connectivity index (χ1n) is 8.37. The molecule has 8 heteroatoms. The number of sulfone groups is 1. The minimum absolute atomic E-state index is 0.0371. The van der Waals surface area contributed by atoms with E-state index in [0.717, 1.165) is 12.1 Å². The Balaban J connectivity index is 1.91. The molecule has 0 unspecified atom stereocenters. The smallest absolute Gasteiger partial charge is 0.254 e. The maximum atomic E-state index is 13.8. The topological polar surface area (TPSA) is 63.2 Å². The maximum Gasteiger partial charge on any atom is 0.254 e. The third kappa shape index (κ3) is 4.13. The SMILES string of the molecule is Cc1cc(S(=O)(=O)[C@@H](CNC(=O)c2ccccc2F)c2cccs2)ccc1F. The van der Waals surface area contributed by atoms with Crippen LogP contribution in [0.3, 0.4) is 0 Å². The van der Waals surface area contributed by atoms with Crippen LogP contribution in [0.5, 0.6) is 0 Å². The van der Waals surface area contributed by atoms with Crippen LogP contribution < -0.4 is 5.32 Å². The molecule has 1 amide bonds. The Morgan fingerprint density at radius 3 is 2.46 bits per heavy atom. The fourth-order valence-electron chi connectivity index (χ4n) is 2.72. The Morgan fingerprint density at radius 2 is 1.82 bits per heavy atom. The van der Waals surface area contributed by atoms with Crippen LogP contribution in [0, 0.1) is 18.6 Å². The Bertz CT molecular complexity index is 1100. The highest BCUT2D eigenvalue weighted by molar-refractivity contribution is 7.91. The van der Waals surface area contributed by atoms with Gasteiger partial charge in [0.15, 0.2) is 9.84 Å².